The van der Waals surface area contributed by atoms with Crippen LogP contribution in [-0.4, -0.2) is 36.9 Å². The summed E-state index contributed by atoms with van der Waals surface area (Å²) >= 11 is 0. The number of amides is 1. The van der Waals surface area contributed by atoms with Crippen molar-refractivity contribution >= 4 is 12.0 Å². The van der Waals surface area contributed by atoms with Gasteiger partial charge in [0.25, 0.3) is 0 Å². The van der Waals surface area contributed by atoms with E-state index in [1.807, 2.05) is 0 Å². The third kappa shape index (κ3) is 4.83. The van der Waals surface area contributed by atoms with Crippen molar-refractivity contribution in [3.05, 3.63) is 30.2 Å². The molecule has 1 saturated heterocycles. The lowest BCUT2D eigenvalue weighted by atomic mass is 9.92. The molecule has 0 radical (unpaired) electrons. The van der Waals surface area contributed by atoms with Crippen molar-refractivity contribution < 1.29 is 19.1 Å². The molecule has 1 aliphatic rings. The van der Waals surface area contributed by atoms with Crippen molar-refractivity contribution in [3.63, 3.8) is 0 Å². The highest BCUT2D eigenvalue weighted by Crippen LogP contribution is 2.20. The Hall–Kier alpha value is -1.59. The molecule has 0 aliphatic carbocycles. The first kappa shape index (κ1) is 14.8. The Bertz CT molecular complexity index is 421. The van der Waals surface area contributed by atoms with Gasteiger partial charge in [-0.1, -0.05) is 0 Å². The van der Waals surface area contributed by atoms with E-state index in [1.54, 1.807) is 24.7 Å². The zero-order valence-corrected chi connectivity index (χ0v) is 11.5. The molecule has 5 nitrogen and oxygen atoms in total. The Labute approximate surface area is 118 Å². The maximum absolute atomic E-state index is 11.6. The number of furan rings is 1. The molecule has 0 aromatic carbocycles. The van der Waals surface area contributed by atoms with Gasteiger partial charge >= 0.3 is 0 Å². The minimum atomic E-state index is -0.364. The number of carbonyl (C=O) groups excluding carboxylic acids is 1. The molecule has 20 heavy (non-hydrogen) atoms. The number of aliphatic hydroxyl groups excluding tert-OH is 1. The lowest BCUT2D eigenvalue weighted by Gasteiger charge is -2.26. The summed E-state index contributed by atoms with van der Waals surface area (Å²) in [5.74, 6) is 0.132. The molecule has 1 aromatic rings. The van der Waals surface area contributed by atoms with Crippen LogP contribution >= 0.6 is 0 Å². The van der Waals surface area contributed by atoms with Crippen molar-refractivity contribution in [2.75, 3.05) is 19.8 Å². The molecule has 1 fully saturated rings. The van der Waals surface area contributed by atoms with Crippen LogP contribution in [-0.2, 0) is 9.53 Å². The van der Waals surface area contributed by atoms with Gasteiger partial charge in [0.05, 0.1) is 18.6 Å². The van der Waals surface area contributed by atoms with E-state index in [0.29, 0.717) is 18.9 Å². The Balaban J connectivity index is 1.63. The molecule has 5 heteroatoms. The van der Waals surface area contributed by atoms with E-state index in [0.717, 1.165) is 31.6 Å². The van der Waals surface area contributed by atoms with Crippen molar-refractivity contribution in [2.24, 2.45) is 5.92 Å². The molecule has 1 atom stereocenters. The molecule has 2 N–H and O–H groups in total. The summed E-state index contributed by atoms with van der Waals surface area (Å²) in [5.41, 5.74) is 0.849. The van der Waals surface area contributed by atoms with Crippen LogP contribution in [0.1, 0.15) is 24.8 Å². The van der Waals surface area contributed by atoms with Gasteiger partial charge in [0.2, 0.25) is 5.91 Å². The van der Waals surface area contributed by atoms with Crippen LogP contribution < -0.4 is 5.32 Å². The van der Waals surface area contributed by atoms with Crippen molar-refractivity contribution in [1.82, 2.24) is 5.32 Å². The van der Waals surface area contributed by atoms with Crippen molar-refractivity contribution in [3.8, 4) is 0 Å². The first-order valence-electron chi connectivity index (χ1n) is 6.99. The number of hydrogen-bond acceptors (Lipinski definition) is 4. The highest BCUT2D eigenvalue weighted by molar-refractivity contribution is 5.91. The van der Waals surface area contributed by atoms with E-state index < -0.39 is 0 Å². The number of rotatable bonds is 6. The third-order valence-electron chi connectivity index (χ3n) is 3.52. The summed E-state index contributed by atoms with van der Waals surface area (Å²) in [6, 6.07) is 1.78. The molecular formula is C15H21NO4. The summed E-state index contributed by atoms with van der Waals surface area (Å²) in [6.45, 7) is 1.93. The molecule has 0 unspecified atom stereocenters. The maximum Gasteiger partial charge on any atom is 0.244 e. The normalized spacial score (nSPS) is 18.2. The van der Waals surface area contributed by atoms with Crippen LogP contribution in [0.2, 0.25) is 0 Å². The fraction of sp³-hybridized carbons (Fsp3) is 0.533. The van der Waals surface area contributed by atoms with Crippen molar-refractivity contribution in [1.29, 1.82) is 0 Å². The van der Waals surface area contributed by atoms with Gasteiger partial charge in [-0.05, 0) is 37.3 Å². The fourth-order valence-electron chi connectivity index (χ4n) is 2.28. The molecule has 0 spiro atoms. The average Bonchev–Trinajstić information content (AvgIpc) is 2.99. The molecule has 0 bridgehead atoms. The van der Waals surface area contributed by atoms with Crippen LogP contribution in [0.3, 0.4) is 0 Å². The summed E-state index contributed by atoms with van der Waals surface area (Å²) < 4.78 is 10.2. The van der Waals surface area contributed by atoms with Gasteiger partial charge in [0.15, 0.2) is 0 Å². The summed E-state index contributed by atoms with van der Waals surface area (Å²) in [4.78, 5) is 11.6. The largest absolute Gasteiger partial charge is 0.472 e. The number of ether oxygens (including phenoxy) is 1. The monoisotopic (exact) mass is 279 g/mol. The highest BCUT2D eigenvalue weighted by atomic mass is 16.5. The van der Waals surface area contributed by atoms with E-state index in [4.69, 9.17) is 9.15 Å². The van der Waals surface area contributed by atoms with Gasteiger partial charge in [0, 0.05) is 31.4 Å². The quantitative estimate of drug-likeness (QED) is 0.776. The van der Waals surface area contributed by atoms with Gasteiger partial charge in [-0.3, -0.25) is 4.79 Å². The molecule has 1 aliphatic heterocycles. The summed E-state index contributed by atoms with van der Waals surface area (Å²) in [7, 11) is 0. The molecule has 2 rings (SSSR count). The smallest absolute Gasteiger partial charge is 0.244 e. The van der Waals surface area contributed by atoms with E-state index >= 15 is 0 Å². The molecule has 0 saturated carbocycles. The van der Waals surface area contributed by atoms with E-state index in [2.05, 4.69) is 5.32 Å². The van der Waals surface area contributed by atoms with Gasteiger partial charge in [-0.25, -0.2) is 0 Å². The zero-order chi connectivity index (χ0) is 14.2. The second-order valence-electron chi connectivity index (χ2n) is 4.99. The van der Waals surface area contributed by atoms with Crippen LogP contribution in [0.25, 0.3) is 6.08 Å². The Morgan fingerprint density at radius 2 is 2.30 bits per heavy atom. The summed E-state index contributed by atoms with van der Waals surface area (Å²) in [6.07, 6.45) is 8.29. The lowest BCUT2D eigenvalue weighted by Crippen LogP contribution is -2.31. The number of hydrogen-bond donors (Lipinski definition) is 2. The first-order chi connectivity index (χ1) is 9.75. The van der Waals surface area contributed by atoms with Gasteiger partial charge in [-0.15, -0.1) is 0 Å². The van der Waals surface area contributed by atoms with Gasteiger partial charge in [0.1, 0.15) is 0 Å². The van der Waals surface area contributed by atoms with Crippen LogP contribution in [0.5, 0.6) is 0 Å². The predicted octanol–water partition coefficient (Wildman–Crippen LogP) is 1.59. The van der Waals surface area contributed by atoms with Crippen molar-refractivity contribution in [2.45, 2.75) is 25.4 Å². The third-order valence-corrected chi connectivity index (χ3v) is 3.52. The molecule has 1 aromatic heterocycles. The molecule has 110 valence electrons. The van der Waals surface area contributed by atoms with Crippen LogP contribution in [0.15, 0.2) is 29.1 Å². The van der Waals surface area contributed by atoms with Gasteiger partial charge < -0.3 is 19.6 Å². The second kappa shape index (κ2) is 7.87. The summed E-state index contributed by atoms with van der Waals surface area (Å²) in [5, 5.41) is 12.8. The van der Waals surface area contributed by atoms with E-state index in [1.165, 1.54) is 6.08 Å². The topological polar surface area (TPSA) is 71.7 Å². The van der Waals surface area contributed by atoms with Gasteiger partial charge in [-0.2, -0.15) is 0 Å². The molecule has 2 heterocycles. The number of carbonyl (C=O) groups is 1. The second-order valence-corrected chi connectivity index (χ2v) is 4.99. The Morgan fingerprint density at radius 1 is 1.50 bits per heavy atom. The Kier molecular flexibility index (Phi) is 5.83. The van der Waals surface area contributed by atoms with E-state index in [9.17, 15) is 9.90 Å². The minimum Gasteiger partial charge on any atom is -0.472 e. The van der Waals surface area contributed by atoms with Crippen LogP contribution in [0, 0.1) is 5.92 Å². The number of aliphatic hydroxyl groups is 1. The van der Waals surface area contributed by atoms with E-state index in [-0.39, 0.29) is 12.0 Å². The zero-order valence-electron chi connectivity index (χ0n) is 11.5. The maximum atomic E-state index is 11.6. The minimum absolute atomic E-state index is 0.162. The van der Waals surface area contributed by atoms with Crippen LogP contribution in [0.4, 0.5) is 0 Å². The Morgan fingerprint density at radius 3 is 3.00 bits per heavy atom. The lowest BCUT2D eigenvalue weighted by molar-refractivity contribution is -0.116. The SMILES string of the molecule is O=C(/C=C/c1ccoc1)NCC[C@H](O)C1CCOCC1. The predicted molar refractivity (Wildman–Crippen MR) is 74.9 cm³/mol. The average molecular weight is 279 g/mol. The standard InChI is InChI=1S/C15H21NO4/c17-14(13-5-9-19-10-6-13)3-7-16-15(18)2-1-12-4-8-20-11-12/h1-2,4,8,11,13-14,17H,3,5-7,9-10H2,(H,16,18)/b2-1+/t14-/m0/s1. The molecular weight excluding hydrogens is 258 g/mol. The first-order valence-corrected chi connectivity index (χ1v) is 6.99. The number of nitrogens with one attached hydrogen (secondary N) is 1. The molecule has 1 amide bonds. The fourth-order valence-corrected chi connectivity index (χ4v) is 2.28. The highest BCUT2D eigenvalue weighted by Gasteiger charge is 2.21.